The molecular formula is C14H22N2O3S. The fraction of sp³-hybridized carbons (Fsp3) is 0.500. The Morgan fingerprint density at radius 1 is 1.30 bits per heavy atom. The van der Waals surface area contributed by atoms with E-state index in [1.807, 2.05) is 19.1 Å². The van der Waals surface area contributed by atoms with E-state index in [-0.39, 0.29) is 18.6 Å². The molecule has 112 valence electrons. The normalized spacial score (nSPS) is 13.6. The SMILES string of the molecule is CC(CCO)CNC(=O)NCc1ccc(S(C)=O)cc1. The molecule has 2 unspecified atom stereocenters. The number of amides is 2. The summed E-state index contributed by atoms with van der Waals surface area (Å²) in [5, 5.41) is 14.3. The molecule has 0 aromatic heterocycles. The molecule has 1 rings (SSSR count). The summed E-state index contributed by atoms with van der Waals surface area (Å²) in [6.45, 7) is 3.08. The Kier molecular flexibility index (Phi) is 7.25. The van der Waals surface area contributed by atoms with Crippen molar-refractivity contribution in [2.24, 2.45) is 5.92 Å². The van der Waals surface area contributed by atoms with Gasteiger partial charge in [-0.05, 0) is 30.0 Å². The number of hydrogen-bond donors (Lipinski definition) is 3. The number of benzene rings is 1. The number of aliphatic hydroxyl groups is 1. The molecule has 3 N–H and O–H groups in total. The third-order valence-electron chi connectivity index (χ3n) is 2.94. The van der Waals surface area contributed by atoms with E-state index in [1.54, 1.807) is 18.4 Å². The maximum Gasteiger partial charge on any atom is 0.315 e. The molecule has 1 aromatic rings. The van der Waals surface area contributed by atoms with E-state index in [4.69, 9.17) is 5.11 Å². The quantitative estimate of drug-likeness (QED) is 0.709. The molecule has 0 aliphatic heterocycles. The first kappa shape index (κ1) is 16.7. The molecule has 0 aliphatic rings. The smallest absolute Gasteiger partial charge is 0.315 e. The second-order valence-electron chi connectivity index (χ2n) is 4.78. The summed E-state index contributed by atoms with van der Waals surface area (Å²) in [5.41, 5.74) is 0.956. The molecule has 6 heteroatoms. The van der Waals surface area contributed by atoms with Crippen molar-refractivity contribution >= 4 is 16.8 Å². The summed E-state index contributed by atoms with van der Waals surface area (Å²) in [6, 6.07) is 7.08. The molecule has 20 heavy (non-hydrogen) atoms. The average molecular weight is 298 g/mol. The predicted molar refractivity (Wildman–Crippen MR) is 79.9 cm³/mol. The van der Waals surface area contributed by atoms with Gasteiger partial charge in [-0.1, -0.05) is 19.1 Å². The molecule has 0 aliphatic carbocycles. The van der Waals surface area contributed by atoms with Gasteiger partial charge in [0.25, 0.3) is 0 Å². The Labute approximate surface area is 122 Å². The van der Waals surface area contributed by atoms with Crippen molar-refractivity contribution in [2.45, 2.75) is 24.8 Å². The van der Waals surface area contributed by atoms with Crippen molar-refractivity contribution in [3.8, 4) is 0 Å². The monoisotopic (exact) mass is 298 g/mol. The minimum atomic E-state index is -0.981. The van der Waals surface area contributed by atoms with E-state index in [2.05, 4.69) is 10.6 Å². The van der Waals surface area contributed by atoms with Crippen LogP contribution in [-0.4, -0.2) is 34.8 Å². The van der Waals surface area contributed by atoms with E-state index in [9.17, 15) is 9.00 Å². The van der Waals surface area contributed by atoms with Gasteiger partial charge >= 0.3 is 6.03 Å². The maximum absolute atomic E-state index is 11.6. The van der Waals surface area contributed by atoms with E-state index < -0.39 is 10.8 Å². The van der Waals surface area contributed by atoms with Crippen LogP contribution in [-0.2, 0) is 17.3 Å². The highest BCUT2D eigenvalue weighted by Crippen LogP contribution is 2.07. The molecule has 0 radical (unpaired) electrons. The lowest BCUT2D eigenvalue weighted by atomic mass is 10.1. The molecule has 0 bridgehead atoms. The number of carbonyl (C=O) groups is 1. The van der Waals surface area contributed by atoms with Crippen molar-refractivity contribution in [2.75, 3.05) is 19.4 Å². The van der Waals surface area contributed by atoms with Gasteiger partial charge in [-0.2, -0.15) is 0 Å². The lowest BCUT2D eigenvalue weighted by molar-refractivity contribution is 0.233. The highest BCUT2D eigenvalue weighted by Gasteiger charge is 2.05. The average Bonchev–Trinajstić information content (AvgIpc) is 2.43. The van der Waals surface area contributed by atoms with Crippen molar-refractivity contribution in [3.63, 3.8) is 0 Å². The highest BCUT2D eigenvalue weighted by molar-refractivity contribution is 7.84. The number of urea groups is 1. The van der Waals surface area contributed by atoms with Crippen LogP contribution in [0.15, 0.2) is 29.2 Å². The standard InChI is InChI=1S/C14H22N2O3S/c1-11(7-8-17)9-15-14(18)16-10-12-3-5-13(6-4-12)20(2)19/h3-6,11,17H,7-10H2,1-2H3,(H2,15,16,18). The summed E-state index contributed by atoms with van der Waals surface area (Å²) in [7, 11) is -0.981. The van der Waals surface area contributed by atoms with Gasteiger partial charge < -0.3 is 15.7 Å². The largest absolute Gasteiger partial charge is 0.396 e. The molecule has 0 heterocycles. The predicted octanol–water partition coefficient (Wildman–Crippen LogP) is 1.24. The Morgan fingerprint density at radius 2 is 1.95 bits per heavy atom. The number of rotatable bonds is 7. The van der Waals surface area contributed by atoms with E-state index in [0.29, 0.717) is 19.5 Å². The Morgan fingerprint density at radius 3 is 2.50 bits per heavy atom. The third kappa shape index (κ3) is 6.16. The fourth-order valence-electron chi connectivity index (χ4n) is 1.63. The zero-order valence-corrected chi connectivity index (χ0v) is 12.7. The number of nitrogens with one attached hydrogen (secondary N) is 2. The van der Waals surface area contributed by atoms with Gasteiger partial charge in [0.1, 0.15) is 0 Å². The van der Waals surface area contributed by atoms with Gasteiger partial charge in [-0.15, -0.1) is 0 Å². The lowest BCUT2D eigenvalue weighted by Gasteiger charge is -2.12. The highest BCUT2D eigenvalue weighted by atomic mass is 32.2. The molecule has 2 atom stereocenters. The molecule has 2 amide bonds. The first-order valence-electron chi connectivity index (χ1n) is 6.58. The Hall–Kier alpha value is -1.40. The second-order valence-corrected chi connectivity index (χ2v) is 6.16. The minimum absolute atomic E-state index is 0.135. The topological polar surface area (TPSA) is 78.4 Å². The summed E-state index contributed by atoms with van der Waals surface area (Å²) in [6.07, 6.45) is 2.31. The van der Waals surface area contributed by atoms with Crippen LogP contribution in [0.25, 0.3) is 0 Å². The number of aliphatic hydroxyl groups excluding tert-OH is 1. The van der Waals surface area contributed by atoms with Gasteiger partial charge in [0.2, 0.25) is 0 Å². The zero-order valence-electron chi connectivity index (χ0n) is 11.9. The van der Waals surface area contributed by atoms with Crippen LogP contribution in [0.3, 0.4) is 0 Å². The molecule has 1 aromatic carbocycles. The van der Waals surface area contributed by atoms with E-state index in [0.717, 1.165) is 10.5 Å². The number of hydrogen-bond acceptors (Lipinski definition) is 3. The van der Waals surface area contributed by atoms with E-state index in [1.165, 1.54) is 0 Å². The summed E-state index contributed by atoms with van der Waals surface area (Å²) in [5.74, 6) is 0.254. The van der Waals surface area contributed by atoms with Gasteiger partial charge in [0.15, 0.2) is 0 Å². The summed E-state index contributed by atoms with van der Waals surface area (Å²) >= 11 is 0. The molecule has 0 saturated heterocycles. The summed E-state index contributed by atoms with van der Waals surface area (Å²) < 4.78 is 11.2. The van der Waals surface area contributed by atoms with Gasteiger partial charge in [-0.25, -0.2) is 4.79 Å². The van der Waals surface area contributed by atoms with Crippen LogP contribution in [0.4, 0.5) is 4.79 Å². The Bertz CT molecular complexity index is 448. The van der Waals surface area contributed by atoms with Gasteiger partial charge in [0.05, 0.1) is 0 Å². The molecule has 0 spiro atoms. The van der Waals surface area contributed by atoms with Crippen molar-refractivity contribution in [1.29, 1.82) is 0 Å². The van der Waals surface area contributed by atoms with Crippen molar-refractivity contribution < 1.29 is 14.1 Å². The van der Waals surface area contributed by atoms with Crippen LogP contribution < -0.4 is 10.6 Å². The zero-order chi connectivity index (χ0) is 15.0. The third-order valence-corrected chi connectivity index (χ3v) is 3.88. The first-order valence-corrected chi connectivity index (χ1v) is 8.13. The fourth-order valence-corrected chi connectivity index (χ4v) is 2.15. The second kappa shape index (κ2) is 8.71. The molecule has 0 saturated carbocycles. The Balaban J connectivity index is 2.32. The minimum Gasteiger partial charge on any atom is -0.396 e. The van der Waals surface area contributed by atoms with E-state index >= 15 is 0 Å². The molecule has 0 fully saturated rings. The van der Waals surface area contributed by atoms with Crippen LogP contribution in [0.2, 0.25) is 0 Å². The van der Waals surface area contributed by atoms with Crippen LogP contribution >= 0.6 is 0 Å². The molecule has 5 nitrogen and oxygen atoms in total. The molecular weight excluding hydrogens is 276 g/mol. The van der Waals surface area contributed by atoms with Crippen LogP contribution in [0.1, 0.15) is 18.9 Å². The van der Waals surface area contributed by atoms with Crippen molar-refractivity contribution in [1.82, 2.24) is 10.6 Å². The van der Waals surface area contributed by atoms with Crippen molar-refractivity contribution in [3.05, 3.63) is 29.8 Å². The first-order chi connectivity index (χ1) is 9.52. The maximum atomic E-state index is 11.6. The van der Waals surface area contributed by atoms with Crippen LogP contribution in [0.5, 0.6) is 0 Å². The van der Waals surface area contributed by atoms with Crippen LogP contribution in [0, 0.1) is 5.92 Å². The van der Waals surface area contributed by atoms with Gasteiger partial charge in [-0.3, -0.25) is 4.21 Å². The van der Waals surface area contributed by atoms with Gasteiger partial charge in [0, 0.05) is 41.6 Å². The summed E-state index contributed by atoms with van der Waals surface area (Å²) in [4.78, 5) is 12.3. The number of carbonyl (C=O) groups excluding carboxylic acids is 1. The lowest BCUT2D eigenvalue weighted by Crippen LogP contribution is -2.37.